The summed E-state index contributed by atoms with van der Waals surface area (Å²) < 4.78 is 14.6. The predicted octanol–water partition coefficient (Wildman–Crippen LogP) is 7.30. The molecule has 0 spiro atoms. The molecular formula is C31H29F. The van der Waals surface area contributed by atoms with Gasteiger partial charge < -0.3 is 0 Å². The summed E-state index contributed by atoms with van der Waals surface area (Å²) in [7, 11) is 0. The highest BCUT2D eigenvalue weighted by molar-refractivity contribution is 5.48. The molecule has 3 aromatic carbocycles. The second kappa shape index (κ2) is 10.3. The van der Waals surface area contributed by atoms with Gasteiger partial charge in [-0.25, -0.2) is 4.39 Å². The summed E-state index contributed by atoms with van der Waals surface area (Å²) in [6, 6.07) is 21.5. The molecule has 0 atom stereocenters. The van der Waals surface area contributed by atoms with Crippen LogP contribution in [0, 0.1) is 48.3 Å². The normalized spacial score (nSPS) is 17.6. The summed E-state index contributed by atoms with van der Waals surface area (Å²) in [5.41, 5.74) is 5.61. The molecule has 1 aliphatic rings. The van der Waals surface area contributed by atoms with Crippen molar-refractivity contribution in [2.75, 3.05) is 0 Å². The molecule has 0 nitrogen and oxygen atoms in total. The van der Waals surface area contributed by atoms with Crippen molar-refractivity contribution in [1.82, 2.24) is 0 Å². The third kappa shape index (κ3) is 6.12. The van der Waals surface area contributed by atoms with E-state index in [-0.39, 0.29) is 5.82 Å². The standard InChI is InChI=1S/C31H29F/c1-23-3-7-25(8-4-23)11-12-26-13-15-27(16-14-26)17-18-29-19-20-30(31(32)22-29)21-28-9-5-24(2)6-10-28/h3-4,7-8,13-16,19-20,22,24,28H,5-6,9-10,21H2,1-2H3. The van der Waals surface area contributed by atoms with Crippen LogP contribution in [0.3, 0.4) is 0 Å². The molecule has 0 aliphatic heterocycles. The van der Waals surface area contributed by atoms with Gasteiger partial charge in [0, 0.05) is 22.3 Å². The molecule has 1 fully saturated rings. The van der Waals surface area contributed by atoms with Crippen molar-refractivity contribution < 1.29 is 4.39 Å². The zero-order valence-corrected chi connectivity index (χ0v) is 18.9. The van der Waals surface area contributed by atoms with Crippen LogP contribution in [0.5, 0.6) is 0 Å². The van der Waals surface area contributed by atoms with Gasteiger partial charge in [-0.15, -0.1) is 0 Å². The molecule has 0 amide bonds. The molecule has 3 aromatic rings. The maximum absolute atomic E-state index is 14.6. The van der Waals surface area contributed by atoms with Gasteiger partial charge in [0.1, 0.15) is 5.82 Å². The van der Waals surface area contributed by atoms with E-state index in [1.54, 1.807) is 6.07 Å². The van der Waals surface area contributed by atoms with Crippen LogP contribution >= 0.6 is 0 Å². The Morgan fingerprint density at radius 3 is 1.69 bits per heavy atom. The van der Waals surface area contributed by atoms with Gasteiger partial charge >= 0.3 is 0 Å². The molecule has 0 heterocycles. The summed E-state index contributed by atoms with van der Waals surface area (Å²) in [6.07, 6.45) is 5.82. The minimum Gasteiger partial charge on any atom is -0.207 e. The van der Waals surface area contributed by atoms with Crippen LogP contribution < -0.4 is 0 Å². The number of hydrogen-bond acceptors (Lipinski definition) is 0. The molecule has 160 valence electrons. The zero-order chi connectivity index (χ0) is 22.3. The van der Waals surface area contributed by atoms with Crippen molar-refractivity contribution in [2.45, 2.75) is 46.0 Å². The average Bonchev–Trinajstić information content (AvgIpc) is 2.81. The van der Waals surface area contributed by atoms with E-state index in [1.165, 1.54) is 31.2 Å². The van der Waals surface area contributed by atoms with Gasteiger partial charge in [-0.2, -0.15) is 0 Å². The SMILES string of the molecule is Cc1ccc(C#Cc2ccc(C#Cc3ccc(CC4CCC(C)CC4)c(F)c3)cc2)cc1. The maximum atomic E-state index is 14.6. The van der Waals surface area contributed by atoms with E-state index in [1.807, 2.05) is 48.5 Å². The molecular weight excluding hydrogens is 391 g/mol. The Morgan fingerprint density at radius 1 is 0.688 bits per heavy atom. The highest BCUT2D eigenvalue weighted by Gasteiger charge is 2.19. The number of hydrogen-bond donors (Lipinski definition) is 0. The monoisotopic (exact) mass is 420 g/mol. The van der Waals surface area contributed by atoms with Crippen LogP contribution in [0.2, 0.25) is 0 Å². The van der Waals surface area contributed by atoms with E-state index < -0.39 is 0 Å². The Balaban J connectivity index is 1.39. The lowest BCUT2D eigenvalue weighted by Crippen LogP contribution is -2.15. The van der Waals surface area contributed by atoms with Crippen molar-refractivity contribution in [3.05, 3.63) is 106 Å². The lowest BCUT2D eigenvalue weighted by molar-refractivity contribution is 0.287. The van der Waals surface area contributed by atoms with Gasteiger partial charge in [0.2, 0.25) is 0 Å². The van der Waals surface area contributed by atoms with Crippen LogP contribution in [0.15, 0.2) is 66.7 Å². The van der Waals surface area contributed by atoms with Crippen LogP contribution in [-0.2, 0) is 6.42 Å². The number of benzene rings is 3. The molecule has 1 saturated carbocycles. The van der Waals surface area contributed by atoms with E-state index in [2.05, 4.69) is 49.7 Å². The fraction of sp³-hybridized carbons (Fsp3) is 0.290. The van der Waals surface area contributed by atoms with Crippen molar-refractivity contribution >= 4 is 0 Å². The minimum atomic E-state index is -0.128. The Bertz CT molecular complexity index is 1170. The van der Waals surface area contributed by atoms with Crippen molar-refractivity contribution in [3.63, 3.8) is 0 Å². The minimum absolute atomic E-state index is 0.128. The number of halogens is 1. The van der Waals surface area contributed by atoms with Gasteiger partial charge in [-0.1, -0.05) is 67.2 Å². The largest absolute Gasteiger partial charge is 0.207 e. The van der Waals surface area contributed by atoms with E-state index >= 15 is 0 Å². The first-order valence-electron chi connectivity index (χ1n) is 11.5. The molecule has 32 heavy (non-hydrogen) atoms. The van der Waals surface area contributed by atoms with Crippen LogP contribution in [0.1, 0.15) is 66.0 Å². The van der Waals surface area contributed by atoms with Crippen LogP contribution in [0.25, 0.3) is 0 Å². The Kier molecular flexibility index (Phi) is 7.09. The van der Waals surface area contributed by atoms with Gasteiger partial charge in [0.05, 0.1) is 0 Å². The average molecular weight is 421 g/mol. The van der Waals surface area contributed by atoms with E-state index in [4.69, 9.17) is 0 Å². The summed E-state index contributed by atoms with van der Waals surface area (Å²) in [6.45, 7) is 4.38. The van der Waals surface area contributed by atoms with E-state index in [0.717, 1.165) is 34.6 Å². The zero-order valence-electron chi connectivity index (χ0n) is 18.9. The summed E-state index contributed by atoms with van der Waals surface area (Å²) in [5.74, 6) is 13.9. The molecule has 0 saturated heterocycles. The fourth-order valence-corrected chi connectivity index (χ4v) is 4.20. The predicted molar refractivity (Wildman–Crippen MR) is 131 cm³/mol. The second-order valence-electron chi connectivity index (χ2n) is 9.08. The third-order valence-corrected chi connectivity index (χ3v) is 6.34. The van der Waals surface area contributed by atoms with Gasteiger partial charge in [-0.05, 0) is 92.1 Å². The second-order valence-corrected chi connectivity index (χ2v) is 9.08. The third-order valence-electron chi connectivity index (χ3n) is 6.34. The maximum Gasteiger partial charge on any atom is 0.127 e. The Labute approximate surface area is 191 Å². The first-order chi connectivity index (χ1) is 15.5. The molecule has 1 heteroatoms. The molecule has 1 aliphatic carbocycles. The Hall–Kier alpha value is -3.29. The number of rotatable bonds is 2. The fourth-order valence-electron chi connectivity index (χ4n) is 4.20. The van der Waals surface area contributed by atoms with E-state index in [9.17, 15) is 4.39 Å². The van der Waals surface area contributed by atoms with Gasteiger partial charge in [0.25, 0.3) is 0 Å². The molecule has 0 unspecified atom stereocenters. The number of aryl methyl sites for hydroxylation is 1. The molecule has 0 N–H and O–H groups in total. The molecule has 0 aromatic heterocycles. The smallest absolute Gasteiger partial charge is 0.127 e. The lowest BCUT2D eigenvalue weighted by Gasteiger charge is -2.26. The van der Waals surface area contributed by atoms with Crippen LogP contribution in [0.4, 0.5) is 4.39 Å². The first-order valence-corrected chi connectivity index (χ1v) is 11.5. The summed E-state index contributed by atoms with van der Waals surface area (Å²) in [5, 5.41) is 0. The van der Waals surface area contributed by atoms with Crippen molar-refractivity contribution in [1.29, 1.82) is 0 Å². The summed E-state index contributed by atoms with van der Waals surface area (Å²) >= 11 is 0. The highest BCUT2D eigenvalue weighted by atomic mass is 19.1. The molecule has 0 radical (unpaired) electrons. The van der Waals surface area contributed by atoms with Crippen molar-refractivity contribution in [2.24, 2.45) is 11.8 Å². The highest BCUT2D eigenvalue weighted by Crippen LogP contribution is 2.31. The molecule has 0 bridgehead atoms. The molecule has 4 rings (SSSR count). The van der Waals surface area contributed by atoms with Gasteiger partial charge in [-0.3, -0.25) is 0 Å². The first kappa shape index (κ1) is 21.9. The lowest BCUT2D eigenvalue weighted by atomic mass is 9.80. The topological polar surface area (TPSA) is 0 Å². The van der Waals surface area contributed by atoms with Gasteiger partial charge in [0.15, 0.2) is 0 Å². The Morgan fingerprint density at radius 2 is 1.16 bits per heavy atom. The summed E-state index contributed by atoms with van der Waals surface area (Å²) in [4.78, 5) is 0. The van der Waals surface area contributed by atoms with Crippen LogP contribution in [-0.4, -0.2) is 0 Å². The quantitative estimate of drug-likeness (QED) is 0.382. The van der Waals surface area contributed by atoms with Crippen molar-refractivity contribution in [3.8, 4) is 23.7 Å². The van der Waals surface area contributed by atoms with E-state index in [0.29, 0.717) is 11.5 Å².